The van der Waals surface area contributed by atoms with Crippen LogP contribution in [0.3, 0.4) is 0 Å². The van der Waals surface area contributed by atoms with Crippen LogP contribution in [-0.2, 0) is 13.6 Å². The second-order valence-corrected chi connectivity index (χ2v) is 7.74. The lowest BCUT2D eigenvalue weighted by molar-refractivity contribution is 0.131. The molecule has 0 spiro atoms. The van der Waals surface area contributed by atoms with Gasteiger partial charge in [0.2, 0.25) is 0 Å². The molecule has 2 aromatic heterocycles. The quantitative estimate of drug-likeness (QED) is 0.514. The number of benzene rings is 1. The van der Waals surface area contributed by atoms with Crippen molar-refractivity contribution in [2.24, 2.45) is 7.05 Å². The number of fused-ring (bicyclic) bond motifs is 1. The van der Waals surface area contributed by atoms with E-state index in [1.807, 2.05) is 0 Å². The average molecular weight is 447 g/mol. The van der Waals surface area contributed by atoms with Gasteiger partial charge >= 0.3 is 11.7 Å². The van der Waals surface area contributed by atoms with Gasteiger partial charge in [-0.1, -0.05) is 11.2 Å². The van der Waals surface area contributed by atoms with Crippen LogP contribution in [0.25, 0.3) is 11.2 Å². The predicted molar refractivity (Wildman–Crippen MR) is 112 cm³/mol. The Labute approximate surface area is 181 Å². The Morgan fingerprint density at radius 2 is 1.78 bits per heavy atom. The molecule has 10 nitrogen and oxygen atoms in total. The van der Waals surface area contributed by atoms with Gasteiger partial charge in [0.05, 0.1) is 6.54 Å². The molecule has 1 saturated heterocycles. The van der Waals surface area contributed by atoms with E-state index in [1.54, 1.807) is 0 Å². The maximum Gasteiger partial charge on any atom is 0.336 e. The third-order valence-electron chi connectivity index (χ3n) is 5.49. The predicted octanol–water partition coefficient (Wildman–Crippen LogP) is -0.162. The normalized spacial score (nSPS) is 15.4. The number of aromatic nitrogens is 5. The molecule has 1 aromatic carbocycles. The number of likely N-dealkylation sites (N-methyl/N-ethyl adjacent to an activating group) is 1. The van der Waals surface area contributed by atoms with Gasteiger partial charge in [0.1, 0.15) is 6.61 Å². The van der Waals surface area contributed by atoms with Gasteiger partial charge in [0.15, 0.2) is 22.8 Å². The summed E-state index contributed by atoms with van der Waals surface area (Å²) in [5.74, 6) is -2.03. The smallest absolute Gasteiger partial charge is 0.336 e. The van der Waals surface area contributed by atoms with Gasteiger partial charge in [-0.25, -0.2) is 13.6 Å². The van der Waals surface area contributed by atoms with Crippen LogP contribution < -0.4 is 16.0 Å². The largest absolute Gasteiger partial charge is 0.461 e. The molecule has 1 aliphatic heterocycles. The van der Waals surface area contributed by atoms with Gasteiger partial charge < -0.3 is 9.64 Å². The summed E-state index contributed by atoms with van der Waals surface area (Å²) in [6.45, 7) is 4.72. The number of hydrogen-bond acceptors (Lipinski definition) is 8. The van der Waals surface area contributed by atoms with Crippen LogP contribution in [0.5, 0.6) is 6.01 Å². The van der Waals surface area contributed by atoms with E-state index < -0.39 is 22.9 Å². The van der Waals surface area contributed by atoms with Crippen molar-refractivity contribution in [3.8, 4) is 6.01 Å². The molecule has 4 rings (SSSR count). The average Bonchev–Trinajstić information content (AvgIpc) is 2.79. The molecule has 0 amide bonds. The van der Waals surface area contributed by atoms with Crippen molar-refractivity contribution < 1.29 is 13.5 Å². The van der Waals surface area contributed by atoms with Crippen LogP contribution in [0, 0.1) is 11.6 Å². The van der Waals surface area contributed by atoms with Gasteiger partial charge in [-0.3, -0.25) is 18.8 Å². The van der Waals surface area contributed by atoms with Crippen molar-refractivity contribution in [1.82, 2.24) is 34.1 Å². The van der Waals surface area contributed by atoms with Crippen molar-refractivity contribution >= 4 is 11.2 Å². The lowest BCUT2D eigenvalue weighted by Gasteiger charge is -2.31. The van der Waals surface area contributed by atoms with Crippen molar-refractivity contribution in [2.45, 2.75) is 6.54 Å². The molecular formula is C20H23F2N7O3. The summed E-state index contributed by atoms with van der Waals surface area (Å²) in [6.07, 6.45) is 0. The minimum absolute atomic E-state index is 0.0609. The maximum absolute atomic E-state index is 13.6. The number of rotatable bonds is 6. The van der Waals surface area contributed by atoms with Crippen molar-refractivity contribution in [2.75, 3.05) is 46.4 Å². The summed E-state index contributed by atoms with van der Waals surface area (Å²) in [4.78, 5) is 33.9. The van der Waals surface area contributed by atoms with Crippen LogP contribution in [0.4, 0.5) is 8.78 Å². The highest BCUT2D eigenvalue weighted by Crippen LogP contribution is 2.12. The minimum Gasteiger partial charge on any atom is -0.461 e. The monoisotopic (exact) mass is 447 g/mol. The summed E-state index contributed by atoms with van der Waals surface area (Å²) in [5, 5.41) is 7.87. The van der Waals surface area contributed by atoms with Crippen molar-refractivity contribution in [1.29, 1.82) is 0 Å². The maximum atomic E-state index is 13.6. The van der Waals surface area contributed by atoms with E-state index in [0.717, 1.165) is 47.4 Å². The zero-order valence-electron chi connectivity index (χ0n) is 17.8. The summed E-state index contributed by atoms with van der Waals surface area (Å²) in [5.41, 5.74) is -1.16. The number of hydrogen-bond donors (Lipinski definition) is 0. The fourth-order valence-corrected chi connectivity index (χ4v) is 3.51. The van der Waals surface area contributed by atoms with E-state index in [4.69, 9.17) is 4.74 Å². The van der Waals surface area contributed by atoms with E-state index in [0.29, 0.717) is 18.7 Å². The van der Waals surface area contributed by atoms with E-state index in [-0.39, 0.29) is 23.7 Å². The second kappa shape index (κ2) is 9.09. The molecule has 3 aromatic rings. The molecule has 170 valence electrons. The number of halogens is 2. The first-order valence-corrected chi connectivity index (χ1v) is 10.2. The second-order valence-electron chi connectivity index (χ2n) is 7.74. The van der Waals surface area contributed by atoms with Crippen LogP contribution in [-0.4, -0.2) is 80.5 Å². The molecule has 0 bridgehead atoms. The fraction of sp³-hybridized carbons (Fsp3) is 0.450. The first kappa shape index (κ1) is 22.0. The fourth-order valence-electron chi connectivity index (χ4n) is 3.51. The third-order valence-corrected chi connectivity index (χ3v) is 5.49. The summed E-state index contributed by atoms with van der Waals surface area (Å²) >= 11 is 0. The third kappa shape index (κ3) is 4.50. The highest BCUT2D eigenvalue weighted by atomic mass is 19.2. The molecule has 12 heteroatoms. The number of piperazine rings is 1. The molecule has 1 fully saturated rings. The molecule has 32 heavy (non-hydrogen) atoms. The first-order chi connectivity index (χ1) is 15.3. The van der Waals surface area contributed by atoms with Crippen LogP contribution in [0.15, 0.2) is 27.8 Å². The summed E-state index contributed by atoms with van der Waals surface area (Å²) < 4.78 is 34.4. The van der Waals surface area contributed by atoms with Crippen molar-refractivity contribution in [3.05, 3.63) is 56.2 Å². The molecule has 1 aliphatic rings. The van der Waals surface area contributed by atoms with E-state index in [1.165, 1.54) is 13.1 Å². The Bertz CT molecular complexity index is 1250. The number of nitrogens with zero attached hydrogens (tertiary/aromatic N) is 7. The Morgan fingerprint density at radius 1 is 1.03 bits per heavy atom. The highest BCUT2D eigenvalue weighted by molar-refractivity contribution is 5.68. The zero-order chi connectivity index (χ0) is 22.8. The van der Waals surface area contributed by atoms with Gasteiger partial charge in [-0.05, 0) is 24.7 Å². The molecule has 0 atom stereocenters. The van der Waals surface area contributed by atoms with Gasteiger partial charge in [-0.2, -0.15) is 4.98 Å². The van der Waals surface area contributed by atoms with Gasteiger partial charge in [0.25, 0.3) is 5.56 Å². The Hall–Kier alpha value is -3.25. The molecule has 0 unspecified atom stereocenters. The lowest BCUT2D eigenvalue weighted by atomic mass is 10.2. The molecular weight excluding hydrogens is 424 g/mol. The van der Waals surface area contributed by atoms with Crippen molar-refractivity contribution in [3.63, 3.8) is 0 Å². The van der Waals surface area contributed by atoms with E-state index >= 15 is 0 Å². The molecule has 0 N–H and O–H groups in total. The van der Waals surface area contributed by atoms with Gasteiger partial charge in [-0.15, -0.1) is 5.10 Å². The minimum atomic E-state index is -1.04. The Balaban J connectivity index is 1.58. The molecule has 0 aliphatic carbocycles. The Kier molecular flexibility index (Phi) is 6.24. The SMILES string of the molecule is CN1CCN(CCOc2nnc3c(n2)c(=O)n(C)c(=O)n3Cc2ccc(F)c(F)c2)CC1. The van der Waals surface area contributed by atoms with Crippen LogP contribution >= 0.6 is 0 Å². The van der Waals surface area contributed by atoms with Crippen LogP contribution in [0.1, 0.15) is 5.56 Å². The standard InChI is InChI=1S/C20H23F2N7O3/c1-26-5-7-28(8-6-26)9-10-32-19-23-16-17(24-25-19)29(20(31)27(2)18(16)30)12-13-3-4-14(21)15(22)11-13/h3-4,11H,5-10,12H2,1-2H3. The molecule has 0 saturated carbocycles. The lowest BCUT2D eigenvalue weighted by Crippen LogP contribution is -2.45. The molecule has 0 radical (unpaired) electrons. The van der Waals surface area contributed by atoms with E-state index in [9.17, 15) is 18.4 Å². The summed E-state index contributed by atoms with van der Waals surface area (Å²) in [7, 11) is 3.39. The topological polar surface area (TPSA) is 98.4 Å². The molecule has 3 heterocycles. The zero-order valence-corrected chi connectivity index (χ0v) is 17.8. The number of ether oxygens (including phenoxy) is 1. The highest BCUT2D eigenvalue weighted by Gasteiger charge is 2.17. The first-order valence-electron chi connectivity index (χ1n) is 10.2. The Morgan fingerprint density at radius 3 is 2.50 bits per heavy atom. The summed E-state index contributed by atoms with van der Waals surface area (Å²) in [6, 6.07) is 3.23. The van der Waals surface area contributed by atoms with Crippen LogP contribution in [0.2, 0.25) is 0 Å². The van der Waals surface area contributed by atoms with Gasteiger partial charge in [0, 0.05) is 39.8 Å². The van der Waals surface area contributed by atoms with E-state index in [2.05, 4.69) is 32.0 Å².